The third-order valence-corrected chi connectivity index (χ3v) is 3.30. The summed E-state index contributed by atoms with van der Waals surface area (Å²) in [6.45, 7) is 1.91. The molecule has 22 heavy (non-hydrogen) atoms. The molecule has 7 nitrogen and oxygen atoms in total. The highest BCUT2D eigenvalue weighted by atomic mass is 16.5. The molecule has 0 bridgehead atoms. The van der Waals surface area contributed by atoms with E-state index in [-0.39, 0.29) is 13.0 Å². The summed E-state index contributed by atoms with van der Waals surface area (Å²) in [6.07, 6.45) is 0.179. The highest BCUT2D eigenvalue weighted by Crippen LogP contribution is 2.13. The summed E-state index contributed by atoms with van der Waals surface area (Å²) >= 11 is 0. The number of benzene rings is 1. The molecule has 2 rings (SSSR count). The Morgan fingerprint density at radius 3 is 2.55 bits per heavy atom. The van der Waals surface area contributed by atoms with E-state index in [2.05, 4.69) is 10.6 Å². The lowest BCUT2D eigenvalue weighted by atomic mass is 10.1. The number of aliphatic carboxylic acids is 1. The van der Waals surface area contributed by atoms with Crippen LogP contribution in [-0.4, -0.2) is 47.7 Å². The van der Waals surface area contributed by atoms with Crippen LogP contribution in [0.15, 0.2) is 30.3 Å². The summed E-state index contributed by atoms with van der Waals surface area (Å²) in [5.41, 5.74) is 0.806. The van der Waals surface area contributed by atoms with Gasteiger partial charge in [-0.2, -0.15) is 0 Å². The van der Waals surface area contributed by atoms with Gasteiger partial charge in [-0.15, -0.1) is 0 Å². The van der Waals surface area contributed by atoms with E-state index in [1.807, 2.05) is 6.07 Å². The van der Waals surface area contributed by atoms with E-state index in [1.165, 1.54) is 0 Å². The summed E-state index contributed by atoms with van der Waals surface area (Å²) in [5, 5.41) is 14.3. The lowest BCUT2D eigenvalue weighted by Gasteiger charge is -2.14. The van der Waals surface area contributed by atoms with Crippen molar-refractivity contribution in [2.75, 3.05) is 6.61 Å². The van der Waals surface area contributed by atoms with Crippen LogP contribution in [0.3, 0.4) is 0 Å². The number of carboxylic acid groups (broad SMARTS) is 1. The fourth-order valence-corrected chi connectivity index (χ4v) is 2.11. The Bertz CT molecular complexity index is 560. The molecule has 118 valence electrons. The van der Waals surface area contributed by atoms with Crippen molar-refractivity contribution in [1.82, 2.24) is 10.6 Å². The van der Waals surface area contributed by atoms with E-state index in [4.69, 9.17) is 4.74 Å². The minimum absolute atomic E-state index is 0.179. The predicted octanol–water partition coefficient (Wildman–Crippen LogP) is -0.298. The van der Waals surface area contributed by atoms with Crippen LogP contribution in [0, 0.1) is 0 Å². The topological polar surface area (TPSA) is 115 Å². The molecule has 0 saturated carbocycles. The Morgan fingerprint density at radius 1 is 1.27 bits per heavy atom. The zero-order valence-electron chi connectivity index (χ0n) is 12.1. The molecule has 1 heterocycles. The van der Waals surface area contributed by atoms with Gasteiger partial charge in [0.25, 0.3) is 0 Å². The second-order valence-corrected chi connectivity index (χ2v) is 4.96. The largest absolute Gasteiger partial charge is 0.480 e. The third kappa shape index (κ3) is 4.05. The van der Waals surface area contributed by atoms with Gasteiger partial charge in [0.1, 0.15) is 18.1 Å². The first-order chi connectivity index (χ1) is 10.5. The number of carbonyl (C=O) groups is 3. The molecule has 3 atom stereocenters. The molecule has 1 aromatic carbocycles. The van der Waals surface area contributed by atoms with Crippen molar-refractivity contribution < 1.29 is 24.2 Å². The lowest BCUT2D eigenvalue weighted by molar-refractivity contribution is -0.143. The summed E-state index contributed by atoms with van der Waals surface area (Å²) in [4.78, 5) is 34.7. The zero-order valence-corrected chi connectivity index (χ0v) is 12.1. The van der Waals surface area contributed by atoms with Crippen LogP contribution in [0.5, 0.6) is 0 Å². The molecule has 0 radical (unpaired) electrons. The molecule has 0 aromatic heterocycles. The average Bonchev–Trinajstić information content (AvgIpc) is 3.28. The second kappa shape index (κ2) is 7.04. The van der Waals surface area contributed by atoms with E-state index in [9.17, 15) is 19.5 Å². The van der Waals surface area contributed by atoms with Crippen molar-refractivity contribution in [2.45, 2.75) is 31.5 Å². The van der Waals surface area contributed by atoms with Gasteiger partial charge in [-0.1, -0.05) is 30.3 Å². The maximum Gasteiger partial charge on any atom is 0.326 e. The molecule has 1 aliphatic rings. The summed E-state index contributed by atoms with van der Waals surface area (Å²) in [7, 11) is 0. The predicted molar refractivity (Wildman–Crippen MR) is 77.1 cm³/mol. The Kier molecular flexibility index (Phi) is 5.11. The molecule has 3 N–H and O–H groups in total. The maximum atomic E-state index is 12.0. The monoisotopic (exact) mass is 306 g/mol. The van der Waals surface area contributed by atoms with Crippen LogP contribution < -0.4 is 10.6 Å². The zero-order chi connectivity index (χ0) is 16.1. The summed E-state index contributed by atoms with van der Waals surface area (Å²) in [5.74, 6) is -2.13. The molecule has 0 unspecified atom stereocenters. The van der Waals surface area contributed by atoms with Crippen LogP contribution in [0.4, 0.5) is 0 Å². The number of hydrogen-bond acceptors (Lipinski definition) is 5. The Balaban J connectivity index is 1.91. The van der Waals surface area contributed by atoms with Gasteiger partial charge in [0.15, 0.2) is 0 Å². The number of carbonyl (C=O) groups excluding carboxylic acids is 2. The Labute approximate surface area is 127 Å². The number of hydrogen-bond donors (Lipinski definition) is 3. The van der Waals surface area contributed by atoms with E-state index < -0.39 is 36.0 Å². The van der Waals surface area contributed by atoms with Gasteiger partial charge < -0.3 is 15.2 Å². The van der Waals surface area contributed by atoms with Crippen molar-refractivity contribution in [2.24, 2.45) is 0 Å². The van der Waals surface area contributed by atoms with E-state index in [0.717, 1.165) is 5.56 Å². The minimum Gasteiger partial charge on any atom is -0.480 e. The lowest BCUT2D eigenvalue weighted by Crippen LogP contribution is -2.45. The van der Waals surface area contributed by atoms with Crippen LogP contribution >= 0.6 is 0 Å². The van der Waals surface area contributed by atoms with Gasteiger partial charge in [-0.25, -0.2) is 4.79 Å². The number of nitrogens with one attached hydrogen (secondary N) is 2. The van der Waals surface area contributed by atoms with E-state index in [1.54, 1.807) is 31.2 Å². The second-order valence-electron chi connectivity index (χ2n) is 4.96. The quantitative estimate of drug-likeness (QED) is 0.471. The van der Waals surface area contributed by atoms with Crippen LogP contribution in [0.25, 0.3) is 0 Å². The summed E-state index contributed by atoms with van der Waals surface area (Å²) < 4.78 is 4.80. The standard InChI is InChI=1S/C15H18N2O5/c1-2-22-15(21)12-11(17-12)13(18)16-10(14(19)20)8-9-6-4-3-5-7-9/h3-7,10-12,17H,2,8H2,1H3,(H,16,18)(H,19,20)/t10-,11-,12-/m0/s1. The molecule has 1 aliphatic heterocycles. The first kappa shape index (κ1) is 16.0. The van der Waals surface area contributed by atoms with Crippen molar-refractivity contribution in [1.29, 1.82) is 0 Å². The van der Waals surface area contributed by atoms with E-state index in [0.29, 0.717) is 0 Å². The van der Waals surface area contributed by atoms with Crippen LogP contribution in [0.2, 0.25) is 0 Å². The normalized spacial score (nSPS) is 20.8. The molecule has 7 heteroatoms. The number of rotatable bonds is 7. The van der Waals surface area contributed by atoms with Crippen molar-refractivity contribution in [3.63, 3.8) is 0 Å². The minimum atomic E-state index is -1.12. The first-order valence-corrected chi connectivity index (χ1v) is 7.02. The number of ether oxygens (including phenoxy) is 1. The van der Waals surface area contributed by atoms with Crippen molar-refractivity contribution >= 4 is 17.8 Å². The van der Waals surface area contributed by atoms with Crippen LogP contribution in [-0.2, 0) is 25.5 Å². The fourth-order valence-electron chi connectivity index (χ4n) is 2.11. The smallest absolute Gasteiger partial charge is 0.326 e. The van der Waals surface area contributed by atoms with Gasteiger partial charge in [0.05, 0.1) is 6.61 Å². The fraction of sp³-hybridized carbons (Fsp3) is 0.400. The van der Waals surface area contributed by atoms with Gasteiger partial charge in [-0.3, -0.25) is 14.9 Å². The number of carboxylic acids is 1. The molecule has 1 saturated heterocycles. The molecule has 0 aliphatic carbocycles. The van der Waals surface area contributed by atoms with Gasteiger partial charge in [0, 0.05) is 6.42 Å². The van der Waals surface area contributed by atoms with Gasteiger partial charge >= 0.3 is 11.9 Å². The van der Waals surface area contributed by atoms with E-state index >= 15 is 0 Å². The molecular weight excluding hydrogens is 288 g/mol. The number of esters is 1. The first-order valence-electron chi connectivity index (χ1n) is 7.02. The summed E-state index contributed by atoms with van der Waals surface area (Å²) in [6, 6.07) is 6.56. The van der Waals surface area contributed by atoms with Crippen LogP contribution in [0.1, 0.15) is 12.5 Å². The highest BCUT2D eigenvalue weighted by molar-refractivity contribution is 5.97. The molecule has 1 aromatic rings. The third-order valence-electron chi connectivity index (χ3n) is 3.30. The maximum absolute atomic E-state index is 12.0. The molecule has 0 spiro atoms. The molecular formula is C15H18N2O5. The average molecular weight is 306 g/mol. The SMILES string of the molecule is CCOC(=O)[C@H]1N[C@@H]1C(=O)N[C@@H](Cc1ccccc1)C(=O)O. The van der Waals surface area contributed by atoms with Crippen molar-refractivity contribution in [3.05, 3.63) is 35.9 Å². The van der Waals surface area contributed by atoms with Gasteiger partial charge in [0.2, 0.25) is 5.91 Å². The molecule has 1 fully saturated rings. The van der Waals surface area contributed by atoms with Gasteiger partial charge in [-0.05, 0) is 12.5 Å². The molecule has 1 amide bonds. The Hall–Kier alpha value is -2.41. The highest BCUT2D eigenvalue weighted by Gasteiger charge is 2.49. The number of amides is 1. The Morgan fingerprint density at radius 2 is 1.95 bits per heavy atom. The van der Waals surface area contributed by atoms with Crippen molar-refractivity contribution in [3.8, 4) is 0 Å².